The van der Waals surface area contributed by atoms with Crippen LogP contribution in [0, 0.1) is 5.92 Å². The quantitative estimate of drug-likeness (QED) is 0.618. The van der Waals surface area contributed by atoms with Crippen LogP contribution in [0.4, 0.5) is 0 Å². The van der Waals surface area contributed by atoms with Crippen molar-refractivity contribution >= 4 is 5.91 Å². The van der Waals surface area contributed by atoms with E-state index in [1.807, 2.05) is 4.90 Å². The third-order valence-corrected chi connectivity index (χ3v) is 2.25. The van der Waals surface area contributed by atoms with Gasteiger partial charge in [-0.25, -0.2) is 5.01 Å². The van der Waals surface area contributed by atoms with Gasteiger partial charge in [0.1, 0.15) is 0 Å². The van der Waals surface area contributed by atoms with Crippen molar-refractivity contribution in [2.24, 2.45) is 11.8 Å². The molecule has 1 amide bonds. The highest BCUT2D eigenvalue weighted by atomic mass is 16.2. The third kappa shape index (κ3) is 3.32. The lowest BCUT2D eigenvalue weighted by Gasteiger charge is -2.32. The first-order valence-electron chi connectivity index (χ1n) is 4.87. The van der Waals surface area contributed by atoms with Gasteiger partial charge in [0, 0.05) is 32.6 Å². The zero-order valence-corrected chi connectivity index (χ0v) is 8.49. The number of hydrogen-bond donors (Lipinski definition) is 1. The van der Waals surface area contributed by atoms with Crippen LogP contribution in [0.2, 0.25) is 0 Å². The van der Waals surface area contributed by atoms with Crippen LogP contribution in [-0.4, -0.2) is 42.0 Å². The maximum atomic E-state index is 11.6. The summed E-state index contributed by atoms with van der Waals surface area (Å²) >= 11 is 0. The topological polar surface area (TPSA) is 49.6 Å². The Kier molecular flexibility index (Phi) is 3.69. The molecule has 4 heteroatoms. The van der Waals surface area contributed by atoms with Crippen LogP contribution < -0.4 is 5.84 Å². The molecule has 0 spiro atoms. The lowest BCUT2D eigenvalue weighted by atomic mass is 10.1. The van der Waals surface area contributed by atoms with E-state index in [1.54, 1.807) is 5.01 Å². The number of nitrogens with two attached hydrogens (primary N) is 1. The second-order valence-corrected chi connectivity index (χ2v) is 4.01. The molecule has 0 aromatic heterocycles. The number of nitrogens with zero attached hydrogens (tertiary/aromatic N) is 2. The molecular weight excluding hydrogens is 166 g/mol. The summed E-state index contributed by atoms with van der Waals surface area (Å²) in [4.78, 5) is 13.5. The fourth-order valence-corrected chi connectivity index (χ4v) is 1.45. The van der Waals surface area contributed by atoms with Gasteiger partial charge in [0.15, 0.2) is 0 Å². The smallest absolute Gasteiger partial charge is 0.222 e. The average molecular weight is 185 g/mol. The highest BCUT2D eigenvalue weighted by Gasteiger charge is 2.19. The molecule has 1 aliphatic rings. The van der Waals surface area contributed by atoms with Gasteiger partial charge in [-0.15, -0.1) is 0 Å². The summed E-state index contributed by atoms with van der Waals surface area (Å²) in [6, 6.07) is 0. The molecule has 0 aromatic rings. The second kappa shape index (κ2) is 4.58. The number of carbonyl (C=O) groups is 1. The van der Waals surface area contributed by atoms with Gasteiger partial charge in [-0.3, -0.25) is 10.6 Å². The summed E-state index contributed by atoms with van der Waals surface area (Å²) < 4.78 is 0. The van der Waals surface area contributed by atoms with Crippen LogP contribution in [0.3, 0.4) is 0 Å². The fraction of sp³-hybridized carbons (Fsp3) is 0.889. The molecule has 1 fully saturated rings. The van der Waals surface area contributed by atoms with Crippen LogP contribution in [-0.2, 0) is 4.79 Å². The van der Waals surface area contributed by atoms with Crippen molar-refractivity contribution < 1.29 is 4.79 Å². The van der Waals surface area contributed by atoms with E-state index in [2.05, 4.69) is 13.8 Å². The van der Waals surface area contributed by atoms with Gasteiger partial charge in [-0.1, -0.05) is 13.8 Å². The van der Waals surface area contributed by atoms with E-state index in [-0.39, 0.29) is 5.91 Å². The Morgan fingerprint density at radius 1 is 1.31 bits per heavy atom. The molecule has 0 atom stereocenters. The van der Waals surface area contributed by atoms with Crippen molar-refractivity contribution in [1.29, 1.82) is 0 Å². The van der Waals surface area contributed by atoms with E-state index in [9.17, 15) is 4.79 Å². The molecule has 0 radical (unpaired) electrons. The van der Waals surface area contributed by atoms with E-state index in [0.29, 0.717) is 12.3 Å². The highest BCUT2D eigenvalue weighted by molar-refractivity contribution is 5.76. The highest BCUT2D eigenvalue weighted by Crippen LogP contribution is 2.06. The molecule has 0 bridgehead atoms. The fourth-order valence-electron chi connectivity index (χ4n) is 1.45. The summed E-state index contributed by atoms with van der Waals surface area (Å²) in [6.45, 7) is 7.28. The van der Waals surface area contributed by atoms with Gasteiger partial charge in [0.2, 0.25) is 5.91 Å². The third-order valence-electron chi connectivity index (χ3n) is 2.25. The number of hydrazine groups is 1. The summed E-state index contributed by atoms with van der Waals surface area (Å²) in [7, 11) is 0. The molecule has 0 aliphatic carbocycles. The lowest BCUT2D eigenvalue weighted by molar-refractivity contribution is -0.133. The molecule has 0 unspecified atom stereocenters. The predicted molar refractivity (Wildman–Crippen MR) is 51.8 cm³/mol. The SMILES string of the molecule is CC(C)CC(=O)N1CCN(N)CC1. The maximum Gasteiger partial charge on any atom is 0.222 e. The largest absolute Gasteiger partial charge is 0.340 e. The predicted octanol–water partition coefficient (Wildman–Crippen LogP) is 0.0504. The van der Waals surface area contributed by atoms with E-state index >= 15 is 0 Å². The lowest BCUT2D eigenvalue weighted by Crippen LogP contribution is -2.51. The van der Waals surface area contributed by atoms with Crippen LogP contribution in [0.15, 0.2) is 0 Å². The van der Waals surface area contributed by atoms with Gasteiger partial charge in [-0.05, 0) is 5.92 Å². The first kappa shape index (κ1) is 10.5. The van der Waals surface area contributed by atoms with E-state index in [0.717, 1.165) is 26.2 Å². The molecule has 0 aromatic carbocycles. The molecule has 1 aliphatic heterocycles. The molecular formula is C9H19N3O. The second-order valence-electron chi connectivity index (χ2n) is 4.01. The first-order chi connectivity index (χ1) is 6.09. The Labute approximate surface area is 79.6 Å². The van der Waals surface area contributed by atoms with Gasteiger partial charge >= 0.3 is 0 Å². The van der Waals surface area contributed by atoms with Crippen LogP contribution in [0.5, 0.6) is 0 Å². The number of hydrogen-bond acceptors (Lipinski definition) is 3. The number of piperazine rings is 1. The Morgan fingerprint density at radius 3 is 2.31 bits per heavy atom. The van der Waals surface area contributed by atoms with E-state index in [4.69, 9.17) is 5.84 Å². The van der Waals surface area contributed by atoms with Crippen molar-refractivity contribution in [1.82, 2.24) is 9.91 Å². The number of carbonyl (C=O) groups excluding carboxylic acids is 1. The van der Waals surface area contributed by atoms with Gasteiger partial charge < -0.3 is 4.90 Å². The van der Waals surface area contributed by atoms with E-state index < -0.39 is 0 Å². The Morgan fingerprint density at radius 2 is 1.85 bits per heavy atom. The van der Waals surface area contributed by atoms with Crippen molar-refractivity contribution in [3.05, 3.63) is 0 Å². The number of amides is 1. The molecule has 76 valence electrons. The van der Waals surface area contributed by atoms with Gasteiger partial charge in [0.05, 0.1) is 0 Å². The molecule has 1 saturated heterocycles. The standard InChI is InChI=1S/C9H19N3O/c1-8(2)7-9(13)11-3-5-12(10)6-4-11/h8H,3-7,10H2,1-2H3. The Hall–Kier alpha value is -0.610. The van der Waals surface area contributed by atoms with Crippen LogP contribution >= 0.6 is 0 Å². The minimum absolute atomic E-state index is 0.267. The Bertz CT molecular complexity index is 174. The van der Waals surface area contributed by atoms with Crippen molar-refractivity contribution in [3.63, 3.8) is 0 Å². The Balaban J connectivity index is 2.31. The van der Waals surface area contributed by atoms with Crippen molar-refractivity contribution in [2.75, 3.05) is 26.2 Å². The van der Waals surface area contributed by atoms with Crippen LogP contribution in [0.1, 0.15) is 20.3 Å². The zero-order chi connectivity index (χ0) is 9.84. The average Bonchev–Trinajstić information content (AvgIpc) is 2.04. The molecule has 1 rings (SSSR count). The summed E-state index contributed by atoms with van der Waals surface area (Å²) in [6.07, 6.45) is 0.657. The molecule has 1 heterocycles. The zero-order valence-electron chi connectivity index (χ0n) is 8.49. The normalized spacial score (nSPS) is 19.5. The molecule has 2 N–H and O–H groups in total. The van der Waals surface area contributed by atoms with Crippen molar-refractivity contribution in [2.45, 2.75) is 20.3 Å². The van der Waals surface area contributed by atoms with Crippen molar-refractivity contribution in [3.8, 4) is 0 Å². The summed E-state index contributed by atoms with van der Waals surface area (Å²) in [5.41, 5.74) is 0. The summed E-state index contributed by atoms with van der Waals surface area (Å²) in [5.74, 6) is 6.31. The molecule has 0 saturated carbocycles. The van der Waals surface area contributed by atoms with E-state index in [1.165, 1.54) is 0 Å². The monoisotopic (exact) mass is 185 g/mol. The first-order valence-corrected chi connectivity index (χ1v) is 4.87. The van der Waals surface area contributed by atoms with Crippen LogP contribution in [0.25, 0.3) is 0 Å². The molecule has 13 heavy (non-hydrogen) atoms. The van der Waals surface area contributed by atoms with Gasteiger partial charge in [-0.2, -0.15) is 0 Å². The minimum Gasteiger partial charge on any atom is -0.340 e. The number of rotatable bonds is 2. The summed E-state index contributed by atoms with van der Waals surface area (Å²) in [5, 5.41) is 1.76. The van der Waals surface area contributed by atoms with Gasteiger partial charge in [0.25, 0.3) is 0 Å². The minimum atomic E-state index is 0.267. The molecule has 4 nitrogen and oxygen atoms in total. The maximum absolute atomic E-state index is 11.6.